The molecule has 0 spiro atoms. The Kier molecular flexibility index (Phi) is 5.36. The molecule has 0 aliphatic carbocycles. The Morgan fingerprint density at radius 2 is 1.73 bits per heavy atom. The van der Waals surface area contributed by atoms with E-state index in [1.165, 1.54) is 0 Å². The maximum absolute atomic E-state index is 11.0. The van der Waals surface area contributed by atoms with Crippen LogP contribution in [0.4, 0.5) is 0 Å². The summed E-state index contributed by atoms with van der Waals surface area (Å²) in [4.78, 5) is 31.9. The number of amides is 1. The summed E-state index contributed by atoms with van der Waals surface area (Å²) in [6, 6.07) is -1.02. The topological polar surface area (TPSA) is 104 Å². The third-order valence-corrected chi connectivity index (χ3v) is 1.65. The molecule has 1 unspecified atom stereocenters. The van der Waals surface area contributed by atoms with Gasteiger partial charge in [0.25, 0.3) is 0 Å². The largest absolute Gasteiger partial charge is 0.481 e. The van der Waals surface area contributed by atoms with E-state index in [2.05, 4.69) is 5.32 Å². The van der Waals surface area contributed by atoms with Crippen LogP contribution in [0.1, 0.15) is 26.7 Å². The molecule has 6 nitrogen and oxygen atoms in total. The van der Waals surface area contributed by atoms with Crippen LogP contribution in [0.3, 0.4) is 0 Å². The van der Waals surface area contributed by atoms with E-state index in [-0.39, 0.29) is 12.3 Å². The minimum absolute atomic E-state index is 0.108. The van der Waals surface area contributed by atoms with Gasteiger partial charge in [-0.2, -0.15) is 0 Å². The molecule has 0 aromatic carbocycles. The Morgan fingerprint density at radius 3 is 2.07 bits per heavy atom. The van der Waals surface area contributed by atoms with E-state index in [4.69, 9.17) is 10.2 Å². The normalized spacial score (nSPS) is 12.2. The number of aliphatic carboxylic acids is 2. The van der Waals surface area contributed by atoms with E-state index in [1.54, 1.807) is 0 Å². The van der Waals surface area contributed by atoms with Crippen LogP contribution < -0.4 is 5.32 Å². The van der Waals surface area contributed by atoms with Crippen molar-refractivity contribution in [3.05, 3.63) is 0 Å². The molecule has 0 aliphatic rings. The lowest BCUT2D eigenvalue weighted by Crippen LogP contribution is -2.42. The number of carbonyl (C=O) groups excluding carboxylic acids is 1. The summed E-state index contributed by atoms with van der Waals surface area (Å²) < 4.78 is 0. The highest BCUT2D eigenvalue weighted by atomic mass is 16.4. The van der Waals surface area contributed by atoms with Crippen LogP contribution in [0.5, 0.6) is 0 Å². The zero-order valence-electron chi connectivity index (χ0n) is 8.69. The Hall–Kier alpha value is -1.59. The van der Waals surface area contributed by atoms with Crippen LogP contribution in [-0.2, 0) is 14.4 Å². The second kappa shape index (κ2) is 6.00. The van der Waals surface area contributed by atoms with Crippen molar-refractivity contribution in [1.82, 2.24) is 5.32 Å². The molecule has 0 aromatic heterocycles. The number of hydrogen-bond acceptors (Lipinski definition) is 3. The fourth-order valence-corrected chi connectivity index (χ4v) is 1.08. The SMILES string of the molecule is CC(C)CC(NC(=O)CC(=O)O)C(=O)O. The molecule has 0 saturated heterocycles. The minimum Gasteiger partial charge on any atom is -0.481 e. The standard InChI is InChI=1S/C9H15NO5/c1-5(2)3-6(9(14)15)10-7(11)4-8(12)13/h5-6H,3-4H2,1-2H3,(H,10,11)(H,12,13)(H,14,15). The van der Waals surface area contributed by atoms with Crippen molar-refractivity contribution in [2.45, 2.75) is 32.7 Å². The van der Waals surface area contributed by atoms with Crippen LogP contribution in [-0.4, -0.2) is 34.1 Å². The van der Waals surface area contributed by atoms with Crippen molar-refractivity contribution in [2.75, 3.05) is 0 Å². The summed E-state index contributed by atoms with van der Waals surface area (Å²) in [6.45, 7) is 3.64. The summed E-state index contributed by atoms with van der Waals surface area (Å²) >= 11 is 0. The predicted molar refractivity (Wildman–Crippen MR) is 51.3 cm³/mol. The smallest absolute Gasteiger partial charge is 0.326 e. The van der Waals surface area contributed by atoms with Crippen molar-refractivity contribution < 1.29 is 24.6 Å². The molecule has 0 saturated carbocycles. The first-order valence-corrected chi connectivity index (χ1v) is 4.57. The van der Waals surface area contributed by atoms with Crippen molar-refractivity contribution >= 4 is 17.8 Å². The van der Waals surface area contributed by atoms with Gasteiger partial charge in [-0.3, -0.25) is 9.59 Å². The zero-order chi connectivity index (χ0) is 12.0. The first kappa shape index (κ1) is 13.4. The molecule has 0 bridgehead atoms. The predicted octanol–water partition coefficient (Wildman–Crippen LogP) is 0.0766. The number of carboxylic acids is 2. The Morgan fingerprint density at radius 1 is 1.20 bits per heavy atom. The van der Waals surface area contributed by atoms with Gasteiger partial charge in [-0.25, -0.2) is 4.79 Å². The Labute approximate surface area is 87.3 Å². The van der Waals surface area contributed by atoms with Gasteiger partial charge in [-0.05, 0) is 12.3 Å². The van der Waals surface area contributed by atoms with Gasteiger partial charge in [0, 0.05) is 0 Å². The van der Waals surface area contributed by atoms with Crippen molar-refractivity contribution in [3.63, 3.8) is 0 Å². The monoisotopic (exact) mass is 217 g/mol. The highest BCUT2D eigenvalue weighted by molar-refractivity contribution is 5.95. The zero-order valence-corrected chi connectivity index (χ0v) is 8.69. The van der Waals surface area contributed by atoms with Gasteiger partial charge in [0.2, 0.25) is 5.91 Å². The second-order valence-corrected chi connectivity index (χ2v) is 3.66. The molecule has 1 amide bonds. The number of carbonyl (C=O) groups is 3. The van der Waals surface area contributed by atoms with Gasteiger partial charge in [-0.15, -0.1) is 0 Å². The molecule has 86 valence electrons. The molecule has 6 heteroatoms. The lowest BCUT2D eigenvalue weighted by atomic mass is 10.0. The Bertz CT molecular complexity index is 261. The first-order valence-electron chi connectivity index (χ1n) is 4.57. The third kappa shape index (κ3) is 6.48. The second-order valence-electron chi connectivity index (χ2n) is 3.66. The third-order valence-electron chi connectivity index (χ3n) is 1.65. The lowest BCUT2D eigenvalue weighted by molar-refractivity contribution is -0.145. The molecule has 0 radical (unpaired) electrons. The van der Waals surface area contributed by atoms with Gasteiger partial charge in [0.05, 0.1) is 0 Å². The van der Waals surface area contributed by atoms with Crippen LogP contribution in [0, 0.1) is 5.92 Å². The van der Waals surface area contributed by atoms with Gasteiger partial charge < -0.3 is 15.5 Å². The molecule has 0 aromatic rings. The van der Waals surface area contributed by atoms with E-state index < -0.39 is 30.3 Å². The van der Waals surface area contributed by atoms with Crippen LogP contribution in [0.25, 0.3) is 0 Å². The van der Waals surface area contributed by atoms with Crippen molar-refractivity contribution in [3.8, 4) is 0 Å². The summed E-state index contributed by atoms with van der Waals surface area (Å²) in [5, 5.41) is 19.2. The van der Waals surface area contributed by atoms with Gasteiger partial charge in [-0.1, -0.05) is 13.8 Å². The number of carboxylic acid groups (broad SMARTS) is 2. The van der Waals surface area contributed by atoms with E-state index in [9.17, 15) is 14.4 Å². The quantitative estimate of drug-likeness (QED) is 0.546. The van der Waals surface area contributed by atoms with E-state index in [1.807, 2.05) is 13.8 Å². The fraction of sp³-hybridized carbons (Fsp3) is 0.667. The van der Waals surface area contributed by atoms with Gasteiger partial charge in [0.15, 0.2) is 0 Å². The average Bonchev–Trinajstić information content (AvgIpc) is 1.99. The molecular weight excluding hydrogens is 202 g/mol. The molecule has 3 N–H and O–H groups in total. The number of hydrogen-bond donors (Lipinski definition) is 3. The van der Waals surface area contributed by atoms with E-state index >= 15 is 0 Å². The van der Waals surface area contributed by atoms with E-state index in [0.29, 0.717) is 0 Å². The van der Waals surface area contributed by atoms with Crippen molar-refractivity contribution in [2.24, 2.45) is 5.92 Å². The number of rotatable bonds is 6. The summed E-state index contributed by atoms with van der Waals surface area (Å²) in [5.41, 5.74) is 0. The fourth-order valence-electron chi connectivity index (χ4n) is 1.08. The average molecular weight is 217 g/mol. The summed E-state index contributed by atoms with van der Waals surface area (Å²) in [6.07, 6.45) is -0.428. The van der Waals surface area contributed by atoms with Gasteiger partial charge >= 0.3 is 11.9 Å². The van der Waals surface area contributed by atoms with Gasteiger partial charge in [0.1, 0.15) is 12.5 Å². The molecule has 15 heavy (non-hydrogen) atoms. The maximum atomic E-state index is 11.0. The van der Waals surface area contributed by atoms with E-state index in [0.717, 1.165) is 0 Å². The molecule has 0 rings (SSSR count). The minimum atomic E-state index is -1.28. The maximum Gasteiger partial charge on any atom is 0.326 e. The van der Waals surface area contributed by atoms with Crippen LogP contribution >= 0.6 is 0 Å². The number of nitrogens with one attached hydrogen (secondary N) is 1. The molecule has 1 atom stereocenters. The summed E-state index contributed by atoms with van der Waals surface area (Å²) in [5.74, 6) is -3.10. The van der Waals surface area contributed by atoms with Crippen LogP contribution in [0.2, 0.25) is 0 Å². The highest BCUT2D eigenvalue weighted by Gasteiger charge is 2.21. The first-order chi connectivity index (χ1) is 6.82. The Balaban J connectivity index is 4.22. The highest BCUT2D eigenvalue weighted by Crippen LogP contribution is 2.05. The lowest BCUT2D eigenvalue weighted by Gasteiger charge is -2.15. The van der Waals surface area contributed by atoms with Crippen molar-refractivity contribution in [1.29, 1.82) is 0 Å². The molecule has 0 heterocycles. The molecule has 0 aliphatic heterocycles. The summed E-state index contributed by atoms with van der Waals surface area (Å²) in [7, 11) is 0. The van der Waals surface area contributed by atoms with Crippen LogP contribution in [0.15, 0.2) is 0 Å². The molecule has 0 fully saturated rings. The molecular formula is C9H15NO5.